The van der Waals surface area contributed by atoms with E-state index in [0.717, 1.165) is 25.2 Å². The molecule has 0 aliphatic rings. The van der Waals surface area contributed by atoms with Crippen molar-refractivity contribution in [3.8, 4) is 0 Å². The predicted octanol–water partition coefficient (Wildman–Crippen LogP) is 3.44. The van der Waals surface area contributed by atoms with Gasteiger partial charge in [-0.15, -0.1) is 0 Å². The second-order valence-electron chi connectivity index (χ2n) is 6.67. The highest BCUT2D eigenvalue weighted by molar-refractivity contribution is 6.30. The van der Waals surface area contributed by atoms with Gasteiger partial charge in [0, 0.05) is 30.1 Å². The lowest BCUT2D eigenvalue weighted by Gasteiger charge is -2.28. The summed E-state index contributed by atoms with van der Waals surface area (Å²) in [6.45, 7) is 6.66. The molecule has 1 rings (SSSR count). The van der Waals surface area contributed by atoms with Crippen molar-refractivity contribution in [2.24, 2.45) is 5.41 Å². The molecule has 0 fully saturated rings. The quantitative estimate of drug-likeness (QED) is 0.685. The lowest BCUT2D eigenvalue weighted by Crippen LogP contribution is -2.39. The zero-order chi connectivity index (χ0) is 16.8. The Kier molecular flexibility index (Phi) is 7.27. The summed E-state index contributed by atoms with van der Waals surface area (Å²) < 4.78 is 0. The normalized spacial score (nSPS) is 12.5. The van der Waals surface area contributed by atoms with Crippen molar-refractivity contribution < 1.29 is 4.79 Å². The van der Waals surface area contributed by atoms with Crippen LogP contribution in [0.15, 0.2) is 30.3 Å². The van der Waals surface area contributed by atoms with E-state index in [1.54, 1.807) is 6.08 Å². The third-order valence-corrected chi connectivity index (χ3v) is 3.81. The average Bonchev–Trinajstić information content (AvgIpc) is 2.43. The summed E-state index contributed by atoms with van der Waals surface area (Å²) in [5.74, 6) is 0.138. The van der Waals surface area contributed by atoms with Gasteiger partial charge in [-0.2, -0.15) is 0 Å². The maximum absolute atomic E-state index is 12.4. The first-order valence-electron chi connectivity index (χ1n) is 7.52. The monoisotopic (exact) mass is 322 g/mol. The molecule has 0 spiro atoms. The first-order chi connectivity index (χ1) is 10.2. The zero-order valence-corrected chi connectivity index (χ0v) is 15.0. The van der Waals surface area contributed by atoms with E-state index >= 15 is 0 Å². The molecular formula is C18H27ClN2O. The second-order valence-corrected chi connectivity index (χ2v) is 7.11. The number of carbonyl (C=O) groups excluding carboxylic acids is 1. The third-order valence-electron chi connectivity index (χ3n) is 3.56. The number of allylic oxidation sites excluding steroid dienone is 1. The number of rotatable bonds is 8. The predicted molar refractivity (Wildman–Crippen MR) is 95.3 cm³/mol. The lowest BCUT2D eigenvalue weighted by atomic mass is 9.87. The van der Waals surface area contributed by atoms with E-state index in [1.165, 1.54) is 0 Å². The number of halogens is 1. The molecule has 1 aromatic rings. The van der Waals surface area contributed by atoms with Gasteiger partial charge < -0.3 is 9.80 Å². The first kappa shape index (κ1) is 18.9. The van der Waals surface area contributed by atoms with Gasteiger partial charge in [0.15, 0.2) is 5.78 Å². The summed E-state index contributed by atoms with van der Waals surface area (Å²) in [7, 11) is 6.17. The Bertz CT molecular complexity index is 506. The van der Waals surface area contributed by atoms with Gasteiger partial charge >= 0.3 is 0 Å². The van der Waals surface area contributed by atoms with E-state index in [0.29, 0.717) is 5.02 Å². The Morgan fingerprint density at radius 2 is 1.73 bits per heavy atom. The molecule has 4 heteroatoms. The van der Waals surface area contributed by atoms with Crippen molar-refractivity contribution in [1.82, 2.24) is 9.80 Å². The molecule has 122 valence electrons. The van der Waals surface area contributed by atoms with Crippen LogP contribution in [-0.2, 0) is 4.79 Å². The van der Waals surface area contributed by atoms with Gasteiger partial charge in [-0.25, -0.2) is 0 Å². The molecule has 0 aliphatic carbocycles. The van der Waals surface area contributed by atoms with Gasteiger partial charge in [-0.3, -0.25) is 4.79 Å². The fraction of sp³-hybridized carbons (Fsp3) is 0.500. The number of carbonyl (C=O) groups is 1. The summed E-state index contributed by atoms with van der Waals surface area (Å²) in [6, 6.07) is 7.46. The molecule has 1 aromatic carbocycles. The van der Waals surface area contributed by atoms with Crippen LogP contribution in [-0.4, -0.2) is 56.4 Å². The smallest absolute Gasteiger partial charge is 0.162 e. The van der Waals surface area contributed by atoms with Crippen LogP contribution in [0.3, 0.4) is 0 Å². The van der Waals surface area contributed by atoms with Crippen LogP contribution in [0.2, 0.25) is 5.02 Å². The van der Waals surface area contributed by atoms with Gasteiger partial charge in [-0.05, 0) is 44.9 Å². The Labute approximate surface area is 139 Å². The molecule has 0 bridgehead atoms. The molecule has 0 atom stereocenters. The summed E-state index contributed by atoms with van der Waals surface area (Å²) in [6.07, 6.45) is 3.52. The maximum Gasteiger partial charge on any atom is 0.162 e. The van der Waals surface area contributed by atoms with Gasteiger partial charge in [0.05, 0.1) is 0 Å². The van der Waals surface area contributed by atoms with Gasteiger partial charge in [-0.1, -0.05) is 43.7 Å². The van der Waals surface area contributed by atoms with E-state index in [-0.39, 0.29) is 5.78 Å². The van der Waals surface area contributed by atoms with E-state index in [4.69, 9.17) is 11.6 Å². The molecular weight excluding hydrogens is 296 g/mol. The molecule has 0 heterocycles. The maximum atomic E-state index is 12.4. The van der Waals surface area contributed by atoms with Crippen molar-refractivity contribution in [3.05, 3.63) is 40.9 Å². The molecule has 22 heavy (non-hydrogen) atoms. The largest absolute Gasteiger partial charge is 0.308 e. The minimum absolute atomic E-state index is 0.138. The number of nitrogens with zero attached hydrogens (tertiary/aromatic N) is 2. The highest BCUT2D eigenvalue weighted by Gasteiger charge is 2.26. The van der Waals surface area contributed by atoms with Crippen LogP contribution in [0.25, 0.3) is 6.08 Å². The minimum Gasteiger partial charge on any atom is -0.308 e. The third kappa shape index (κ3) is 6.73. The molecule has 0 saturated carbocycles. The van der Waals surface area contributed by atoms with Crippen LogP contribution >= 0.6 is 11.6 Å². The Balaban J connectivity index is 2.59. The zero-order valence-electron chi connectivity index (χ0n) is 14.3. The van der Waals surface area contributed by atoms with Gasteiger partial charge in [0.25, 0.3) is 0 Å². The van der Waals surface area contributed by atoms with Crippen molar-refractivity contribution in [2.75, 3.05) is 40.8 Å². The number of ketones is 1. The fourth-order valence-corrected chi connectivity index (χ4v) is 2.30. The van der Waals surface area contributed by atoms with Gasteiger partial charge in [0.1, 0.15) is 0 Å². The molecule has 0 aliphatic heterocycles. The summed E-state index contributed by atoms with van der Waals surface area (Å²) >= 11 is 5.86. The van der Waals surface area contributed by atoms with Crippen LogP contribution in [0.5, 0.6) is 0 Å². The topological polar surface area (TPSA) is 23.6 Å². The van der Waals surface area contributed by atoms with Crippen LogP contribution < -0.4 is 0 Å². The molecule has 0 saturated heterocycles. The van der Waals surface area contributed by atoms with E-state index in [1.807, 2.05) is 44.2 Å². The Morgan fingerprint density at radius 3 is 2.27 bits per heavy atom. The molecule has 0 unspecified atom stereocenters. The van der Waals surface area contributed by atoms with E-state index in [2.05, 4.69) is 30.9 Å². The first-order valence-corrected chi connectivity index (χ1v) is 7.90. The Hall–Kier alpha value is -1.16. The summed E-state index contributed by atoms with van der Waals surface area (Å²) in [5, 5.41) is 0.700. The number of likely N-dealkylation sites (N-methyl/N-ethyl adjacent to an activating group) is 2. The molecule has 3 nitrogen and oxygen atoms in total. The molecule has 0 amide bonds. The Morgan fingerprint density at radius 1 is 1.14 bits per heavy atom. The van der Waals surface area contributed by atoms with Crippen molar-refractivity contribution in [2.45, 2.75) is 13.8 Å². The van der Waals surface area contributed by atoms with E-state index < -0.39 is 5.41 Å². The van der Waals surface area contributed by atoms with E-state index in [9.17, 15) is 4.79 Å². The standard InChI is InChI=1S/C18H27ClN2O/c1-18(2,14-21(5)13-12-20(3)4)17(22)11-8-15-6-9-16(19)10-7-15/h6-11H,12-14H2,1-5H3/b11-8+. The van der Waals surface area contributed by atoms with Crippen molar-refractivity contribution in [3.63, 3.8) is 0 Å². The summed E-state index contributed by atoms with van der Waals surface area (Å²) in [4.78, 5) is 16.8. The second kappa shape index (κ2) is 8.47. The lowest BCUT2D eigenvalue weighted by molar-refractivity contribution is -0.122. The van der Waals surface area contributed by atoms with Crippen molar-refractivity contribution in [1.29, 1.82) is 0 Å². The van der Waals surface area contributed by atoms with Crippen LogP contribution in [0, 0.1) is 5.41 Å². The molecule has 0 N–H and O–H groups in total. The summed E-state index contributed by atoms with van der Waals surface area (Å²) in [5.41, 5.74) is 0.582. The van der Waals surface area contributed by atoms with Crippen LogP contribution in [0.1, 0.15) is 19.4 Å². The molecule has 0 aromatic heterocycles. The average molecular weight is 323 g/mol. The minimum atomic E-state index is -0.399. The van der Waals surface area contributed by atoms with Crippen molar-refractivity contribution >= 4 is 23.5 Å². The number of hydrogen-bond acceptors (Lipinski definition) is 3. The number of hydrogen-bond donors (Lipinski definition) is 0. The fourth-order valence-electron chi connectivity index (χ4n) is 2.17. The highest BCUT2D eigenvalue weighted by Crippen LogP contribution is 2.20. The highest BCUT2D eigenvalue weighted by atomic mass is 35.5. The van der Waals surface area contributed by atoms with Gasteiger partial charge in [0.2, 0.25) is 0 Å². The number of benzene rings is 1. The van der Waals surface area contributed by atoms with Crippen LogP contribution in [0.4, 0.5) is 0 Å². The SMILES string of the molecule is CN(C)CCN(C)CC(C)(C)C(=O)/C=C/c1ccc(Cl)cc1. The molecule has 0 radical (unpaired) electrons.